The molecule has 0 atom stereocenters. The molecule has 0 aliphatic rings. The van der Waals surface area contributed by atoms with E-state index in [1.165, 1.54) is 60.5 Å². The lowest BCUT2D eigenvalue weighted by molar-refractivity contribution is -0.116. The molecule has 0 radical (unpaired) electrons. The molecule has 0 saturated heterocycles. The molecule has 0 heterocycles. The predicted octanol–water partition coefficient (Wildman–Crippen LogP) is 3.95. The van der Waals surface area contributed by atoms with Gasteiger partial charge in [-0.2, -0.15) is 0 Å². The fourth-order valence-electron chi connectivity index (χ4n) is 3.12. The quantitative estimate of drug-likeness (QED) is 0.548. The van der Waals surface area contributed by atoms with Gasteiger partial charge >= 0.3 is 0 Å². The second-order valence-electron chi connectivity index (χ2n) is 7.60. The Morgan fingerprint density at radius 3 is 2.30 bits per heavy atom. The van der Waals surface area contributed by atoms with Crippen LogP contribution in [0.25, 0.3) is 0 Å². The van der Waals surface area contributed by atoms with Gasteiger partial charge in [-0.1, -0.05) is 18.2 Å². The van der Waals surface area contributed by atoms with Gasteiger partial charge < -0.3 is 10.2 Å². The molecule has 7 nitrogen and oxygen atoms in total. The Balaban J connectivity index is 1.66. The number of hydrogen-bond donors (Lipinski definition) is 2. The van der Waals surface area contributed by atoms with Crippen LogP contribution in [-0.4, -0.2) is 38.7 Å². The molecule has 3 aromatic rings. The highest BCUT2D eigenvalue weighted by Gasteiger charge is 2.19. The maximum Gasteiger partial charge on any atom is 0.261 e. The third-order valence-electron chi connectivity index (χ3n) is 5.10. The lowest BCUT2D eigenvalue weighted by Crippen LogP contribution is -2.35. The van der Waals surface area contributed by atoms with Crippen molar-refractivity contribution in [3.05, 3.63) is 89.2 Å². The maximum absolute atomic E-state index is 13.2. The predicted molar refractivity (Wildman–Crippen MR) is 125 cm³/mol. The average molecular weight is 470 g/mol. The highest BCUT2D eigenvalue weighted by Crippen LogP contribution is 2.22. The second kappa shape index (κ2) is 9.83. The van der Waals surface area contributed by atoms with Crippen LogP contribution in [0, 0.1) is 19.7 Å². The zero-order valence-electron chi connectivity index (χ0n) is 18.4. The number of hydrogen-bond acceptors (Lipinski definition) is 4. The van der Waals surface area contributed by atoms with Gasteiger partial charge in [0, 0.05) is 18.3 Å². The van der Waals surface area contributed by atoms with Crippen LogP contribution in [-0.2, 0) is 14.8 Å². The summed E-state index contributed by atoms with van der Waals surface area (Å²) in [7, 11) is -2.40. The first-order valence-electron chi connectivity index (χ1n) is 10.1. The summed E-state index contributed by atoms with van der Waals surface area (Å²) in [6, 6.07) is 16.2. The Morgan fingerprint density at radius 2 is 1.64 bits per heavy atom. The molecule has 0 aromatic heterocycles. The molecule has 33 heavy (non-hydrogen) atoms. The lowest BCUT2D eigenvalue weighted by Gasteiger charge is -2.17. The Hall–Kier alpha value is -3.72. The van der Waals surface area contributed by atoms with Gasteiger partial charge in [-0.25, -0.2) is 12.8 Å². The summed E-state index contributed by atoms with van der Waals surface area (Å²) in [6.45, 7) is 3.46. The van der Waals surface area contributed by atoms with E-state index in [0.717, 1.165) is 11.1 Å². The molecule has 0 aliphatic heterocycles. The van der Waals surface area contributed by atoms with Crippen molar-refractivity contribution in [1.29, 1.82) is 0 Å². The van der Waals surface area contributed by atoms with Gasteiger partial charge in [0.1, 0.15) is 5.82 Å². The van der Waals surface area contributed by atoms with Gasteiger partial charge in [-0.3, -0.25) is 14.3 Å². The van der Waals surface area contributed by atoms with Crippen LogP contribution >= 0.6 is 0 Å². The number of carbonyl (C=O) groups is 2. The van der Waals surface area contributed by atoms with Crippen LogP contribution < -0.4 is 10.0 Å². The van der Waals surface area contributed by atoms with Crippen LogP contribution in [0.3, 0.4) is 0 Å². The van der Waals surface area contributed by atoms with E-state index in [0.29, 0.717) is 5.69 Å². The minimum absolute atomic E-state index is 0.00598. The van der Waals surface area contributed by atoms with Crippen LogP contribution in [0.15, 0.2) is 71.6 Å². The summed E-state index contributed by atoms with van der Waals surface area (Å²) in [5.74, 6) is -1.44. The molecule has 0 saturated carbocycles. The summed E-state index contributed by atoms with van der Waals surface area (Å²) >= 11 is 0. The lowest BCUT2D eigenvalue weighted by atomic mass is 10.1. The van der Waals surface area contributed by atoms with E-state index in [9.17, 15) is 22.4 Å². The number of benzene rings is 3. The molecule has 3 aromatic carbocycles. The third kappa shape index (κ3) is 5.95. The fourth-order valence-corrected chi connectivity index (χ4v) is 4.24. The van der Waals surface area contributed by atoms with Gasteiger partial charge in [-0.15, -0.1) is 0 Å². The van der Waals surface area contributed by atoms with Crippen molar-refractivity contribution in [1.82, 2.24) is 4.90 Å². The molecule has 2 amide bonds. The number of nitrogens with one attached hydrogen (secondary N) is 2. The SMILES string of the molecule is Cc1cccc(NS(=O)(=O)c2ccc(C(=O)N(C)CC(=O)Nc3cccc(F)c3)cc2)c1C. The molecular formula is C24H24FN3O4S. The van der Waals surface area contributed by atoms with Gasteiger partial charge in [0.25, 0.3) is 15.9 Å². The topological polar surface area (TPSA) is 95.6 Å². The monoisotopic (exact) mass is 469 g/mol. The molecule has 9 heteroatoms. The summed E-state index contributed by atoms with van der Waals surface area (Å²) < 4.78 is 41.3. The number of sulfonamides is 1. The van der Waals surface area contributed by atoms with E-state index < -0.39 is 27.7 Å². The van der Waals surface area contributed by atoms with E-state index in [4.69, 9.17) is 0 Å². The first-order valence-corrected chi connectivity index (χ1v) is 11.5. The van der Waals surface area contributed by atoms with E-state index in [2.05, 4.69) is 10.0 Å². The van der Waals surface area contributed by atoms with Crippen LogP contribution in [0.5, 0.6) is 0 Å². The van der Waals surface area contributed by atoms with Crippen molar-refractivity contribution in [3.8, 4) is 0 Å². The Labute approximate surface area is 192 Å². The fraction of sp³-hybridized carbons (Fsp3) is 0.167. The van der Waals surface area contributed by atoms with Gasteiger partial charge in [0.2, 0.25) is 5.91 Å². The van der Waals surface area contributed by atoms with Crippen molar-refractivity contribution >= 4 is 33.2 Å². The van der Waals surface area contributed by atoms with E-state index >= 15 is 0 Å². The number of likely N-dealkylation sites (N-methyl/N-ethyl adjacent to an activating group) is 1. The van der Waals surface area contributed by atoms with Crippen LogP contribution in [0.1, 0.15) is 21.5 Å². The molecule has 0 fully saturated rings. The van der Waals surface area contributed by atoms with Gasteiger partial charge in [0.15, 0.2) is 0 Å². The van der Waals surface area contributed by atoms with Crippen molar-refractivity contribution in [2.24, 2.45) is 0 Å². The molecular weight excluding hydrogens is 445 g/mol. The first kappa shape index (κ1) is 23.9. The first-order chi connectivity index (χ1) is 15.6. The summed E-state index contributed by atoms with van der Waals surface area (Å²) in [5.41, 5.74) is 2.78. The number of halogens is 1. The van der Waals surface area contributed by atoms with E-state index in [1.807, 2.05) is 19.9 Å². The second-order valence-corrected chi connectivity index (χ2v) is 9.28. The van der Waals surface area contributed by atoms with Gasteiger partial charge in [0.05, 0.1) is 17.1 Å². The average Bonchev–Trinajstić information content (AvgIpc) is 2.76. The number of amides is 2. The smallest absolute Gasteiger partial charge is 0.261 e. The van der Waals surface area contributed by atoms with E-state index in [-0.39, 0.29) is 22.7 Å². The van der Waals surface area contributed by atoms with Crippen LogP contribution in [0.2, 0.25) is 0 Å². The minimum Gasteiger partial charge on any atom is -0.332 e. The number of anilines is 2. The molecule has 0 unspecified atom stereocenters. The van der Waals surface area contributed by atoms with Crippen LogP contribution in [0.4, 0.5) is 15.8 Å². The summed E-state index contributed by atoms with van der Waals surface area (Å²) in [4.78, 5) is 26.0. The zero-order chi connectivity index (χ0) is 24.2. The normalized spacial score (nSPS) is 11.0. The number of rotatable bonds is 7. The molecule has 2 N–H and O–H groups in total. The maximum atomic E-state index is 13.2. The minimum atomic E-state index is -3.84. The summed E-state index contributed by atoms with van der Waals surface area (Å²) in [5, 5.41) is 2.52. The molecule has 172 valence electrons. The van der Waals surface area contributed by atoms with Crippen molar-refractivity contribution in [2.45, 2.75) is 18.7 Å². The number of nitrogens with zero attached hydrogens (tertiary/aromatic N) is 1. The Bertz CT molecular complexity index is 1290. The summed E-state index contributed by atoms with van der Waals surface area (Å²) in [6.07, 6.45) is 0. The van der Waals surface area contributed by atoms with Crippen molar-refractivity contribution in [3.63, 3.8) is 0 Å². The Kier molecular flexibility index (Phi) is 7.13. The number of aryl methyl sites for hydroxylation is 1. The van der Waals surface area contributed by atoms with E-state index in [1.54, 1.807) is 12.1 Å². The highest BCUT2D eigenvalue weighted by atomic mass is 32.2. The highest BCUT2D eigenvalue weighted by molar-refractivity contribution is 7.92. The third-order valence-corrected chi connectivity index (χ3v) is 6.48. The molecule has 0 spiro atoms. The van der Waals surface area contributed by atoms with Crippen molar-refractivity contribution < 1.29 is 22.4 Å². The zero-order valence-corrected chi connectivity index (χ0v) is 19.2. The molecule has 3 rings (SSSR count). The largest absolute Gasteiger partial charge is 0.332 e. The van der Waals surface area contributed by atoms with Crippen molar-refractivity contribution in [2.75, 3.05) is 23.6 Å². The Morgan fingerprint density at radius 1 is 0.970 bits per heavy atom. The van der Waals surface area contributed by atoms with Gasteiger partial charge in [-0.05, 0) is 73.5 Å². The molecule has 0 bridgehead atoms. The number of carbonyl (C=O) groups excluding carboxylic acids is 2. The molecule has 0 aliphatic carbocycles. The standard InChI is InChI=1S/C24H24FN3O4S/c1-16-6-4-9-22(17(16)2)27-33(31,32)21-12-10-18(11-13-21)24(30)28(3)15-23(29)26-20-8-5-7-19(25)14-20/h4-14,27H,15H2,1-3H3,(H,26,29).